The van der Waals surface area contributed by atoms with Gasteiger partial charge in [-0.05, 0) is 38.8 Å². The van der Waals surface area contributed by atoms with Crippen LogP contribution in [0.2, 0.25) is 0 Å². The van der Waals surface area contributed by atoms with Crippen molar-refractivity contribution in [3.05, 3.63) is 35.8 Å². The topological polar surface area (TPSA) is 75.5 Å². The smallest absolute Gasteiger partial charge is 0.214 e. The van der Waals surface area contributed by atoms with Gasteiger partial charge in [0.15, 0.2) is 0 Å². The molecule has 2 heterocycles. The fraction of sp³-hybridized carbons (Fsp3) is 0.533. The molecular weight excluding hydrogens is 300 g/mol. The molecule has 1 unspecified atom stereocenters. The van der Waals surface area contributed by atoms with Crippen molar-refractivity contribution in [3.8, 4) is 0 Å². The zero-order valence-electron chi connectivity index (χ0n) is 12.9. The van der Waals surface area contributed by atoms with E-state index in [4.69, 9.17) is 0 Å². The average molecular weight is 322 g/mol. The van der Waals surface area contributed by atoms with Crippen molar-refractivity contribution in [3.63, 3.8) is 0 Å². The third-order valence-corrected chi connectivity index (χ3v) is 5.85. The largest absolute Gasteiger partial charge is 0.307 e. The second kappa shape index (κ2) is 5.98. The van der Waals surface area contributed by atoms with Crippen molar-refractivity contribution in [1.29, 1.82) is 0 Å². The summed E-state index contributed by atoms with van der Waals surface area (Å²) in [5.74, 6) is 0. The fourth-order valence-electron chi connectivity index (χ4n) is 2.37. The molecule has 0 radical (unpaired) electrons. The number of hydrogen-bond donors (Lipinski definition) is 2. The summed E-state index contributed by atoms with van der Waals surface area (Å²) in [5.41, 5.74) is 3.02. The van der Waals surface area contributed by atoms with Gasteiger partial charge < -0.3 is 9.72 Å². The minimum Gasteiger partial charge on any atom is -0.307 e. The summed E-state index contributed by atoms with van der Waals surface area (Å²) in [4.78, 5) is 4.55. The standard InChI is InChI=1S/C15H22N4O2S/c1-11(8-17-22(20,21)14-6-7-14)16-9-13-10-19-12(2)4-3-5-15(19)18-13/h3-5,10-11,14,16-17H,6-9H2,1-2H3. The maximum atomic E-state index is 11.8. The maximum absolute atomic E-state index is 11.8. The molecule has 2 N–H and O–H groups in total. The Morgan fingerprint density at radius 1 is 1.41 bits per heavy atom. The first-order valence-corrected chi connectivity index (χ1v) is 9.16. The van der Waals surface area contributed by atoms with Crippen LogP contribution in [0.4, 0.5) is 0 Å². The van der Waals surface area contributed by atoms with Crippen LogP contribution in [0.15, 0.2) is 24.4 Å². The molecule has 2 aromatic heterocycles. The number of pyridine rings is 1. The normalized spacial score (nSPS) is 17.0. The van der Waals surface area contributed by atoms with E-state index in [9.17, 15) is 8.42 Å². The second-order valence-electron chi connectivity index (χ2n) is 6.00. The molecule has 0 amide bonds. The Hall–Kier alpha value is -1.44. The monoisotopic (exact) mass is 322 g/mol. The highest BCUT2D eigenvalue weighted by molar-refractivity contribution is 7.90. The number of aryl methyl sites for hydroxylation is 1. The molecule has 1 fully saturated rings. The summed E-state index contributed by atoms with van der Waals surface area (Å²) < 4.78 is 28.3. The molecule has 0 spiro atoms. The van der Waals surface area contributed by atoms with Crippen LogP contribution in [0.3, 0.4) is 0 Å². The lowest BCUT2D eigenvalue weighted by Gasteiger charge is -2.13. The first-order valence-electron chi connectivity index (χ1n) is 7.61. The number of nitrogens with zero attached hydrogens (tertiary/aromatic N) is 2. The average Bonchev–Trinajstić information content (AvgIpc) is 3.25. The lowest BCUT2D eigenvalue weighted by molar-refractivity contribution is 0.521. The molecule has 3 rings (SSSR count). The molecule has 1 aliphatic rings. The van der Waals surface area contributed by atoms with Gasteiger partial charge in [-0.15, -0.1) is 0 Å². The Kier molecular flexibility index (Phi) is 4.20. The van der Waals surface area contributed by atoms with Gasteiger partial charge in [0, 0.05) is 31.0 Å². The molecule has 120 valence electrons. The molecule has 0 bridgehead atoms. The van der Waals surface area contributed by atoms with E-state index >= 15 is 0 Å². The number of aromatic nitrogens is 2. The Balaban J connectivity index is 1.53. The summed E-state index contributed by atoms with van der Waals surface area (Å²) in [6.45, 7) is 5.04. The van der Waals surface area contributed by atoms with Crippen molar-refractivity contribution >= 4 is 15.7 Å². The SMILES string of the molecule is Cc1cccc2nc(CNC(C)CNS(=O)(=O)C3CC3)cn12. The number of sulfonamides is 1. The highest BCUT2D eigenvalue weighted by atomic mass is 32.2. The van der Waals surface area contributed by atoms with Gasteiger partial charge in [0.05, 0.1) is 10.9 Å². The van der Waals surface area contributed by atoms with Crippen molar-refractivity contribution in [2.45, 2.75) is 44.5 Å². The lowest BCUT2D eigenvalue weighted by Crippen LogP contribution is -2.39. The Labute approximate surface area is 131 Å². The van der Waals surface area contributed by atoms with Gasteiger partial charge in [0.2, 0.25) is 10.0 Å². The number of imidazole rings is 1. The molecule has 7 heteroatoms. The zero-order chi connectivity index (χ0) is 15.7. The van der Waals surface area contributed by atoms with E-state index in [0.29, 0.717) is 13.1 Å². The zero-order valence-corrected chi connectivity index (χ0v) is 13.7. The van der Waals surface area contributed by atoms with Crippen molar-refractivity contribution in [2.75, 3.05) is 6.54 Å². The van der Waals surface area contributed by atoms with Crippen LogP contribution in [0.5, 0.6) is 0 Å². The number of fused-ring (bicyclic) bond motifs is 1. The van der Waals surface area contributed by atoms with Crippen LogP contribution in [0, 0.1) is 6.92 Å². The van der Waals surface area contributed by atoms with Crippen molar-refractivity contribution in [2.24, 2.45) is 0 Å². The van der Waals surface area contributed by atoms with E-state index in [1.807, 2.05) is 38.2 Å². The van der Waals surface area contributed by atoms with Crippen molar-refractivity contribution in [1.82, 2.24) is 19.4 Å². The van der Waals surface area contributed by atoms with Gasteiger partial charge in [0.1, 0.15) is 5.65 Å². The van der Waals surface area contributed by atoms with E-state index in [1.54, 1.807) is 0 Å². The second-order valence-corrected chi connectivity index (χ2v) is 8.05. The summed E-state index contributed by atoms with van der Waals surface area (Å²) in [5, 5.41) is 3.14. The summed E-state index contributed by atoms with van der Waals surface area (Å²) in [6, 6.07) is 6.06. The molecule has 22 heavy (non-hydrogen) atoms. The molecule has 1 aliphatic carbocycles. The van der Waals surface area contributed by atoms with Crippen LogP contribution in [-0.2, 0) is 16.6 Å². The van der Waals surface area contributed by atoms with E-state index in [1.165, 1.54) is 0 Å². The quantitative estimate of drug-likeness (QED) is 0.803. The van der Waals surface area contributed by atoms with Gasteiger partial charge in [-0.3, -0.25) is 0 Å². The number of nitrogens with one attached hydrogen (secondary N) is 2. The van der Waals surface area contributed by atoms with Gasteiger partial charge in [-0.1, -0.05) is 6.07 Å². The van der Waals surface area contributed by atoms with Gasteiger partial charge in [0.25, 0.3) is 0 Å². The molecule has 0 saturated heterocycles. The third-order valence-electron chi connectivity index (χ3n) is 3.93. The van der Waals surface area contributed by atoms with Crippen molar-refractivity contribution < 1.29 is 8.42 Å². The molecule has 6 nitrogen and oxygen atoms in total. The first kappa shape index (κ1) is 15.5. The molecule has 1 saturated carbocycles. The first-order chi connectivity index (χ1) is 10.5. The summed E-state index contributed by atoms with van der Waals surface area (Å²) in [6.07, 6.45) is 3.59. The molecule has 0 aromatic carbocycles. The minimum absolute atomic E-state index is 0.0550. The third kappa shape index (κ3) is 3.48. The van der Waals surface area contributed by atoms with Crippen LogP contribution in [-0.4, -0.2) is 35.6 Å². The predicted octanol–water partition coefficient (Wildman–Crippen LogP) is 1.20. The molecular formula is C15H22N4O2S. The van der Waals surface area contributed by atoms with Gasteiger partial charge >= 0.3 is 0 Å². The van der Waals surface area contributed by atoms with Crippen LogP contribution in [0.25, 0.3) is 5.65 Å². The van der Waals surface area contributed by atoms with E-state index in [2.05, 4.69) is 19.4 Å². The number of rotatable bonds is 7. The highest BCUT2D eigenvalue weighted by Gasteiger charge is 2.35. The van der Waals surface area contributed by atoms with Crippen LogP contribution < -0.4 is 10.0 Å². The Morgan fingerprint density at radius 3 is 2.86 bits per heavy atom. The minimum atomic E-state index is -3.10. The fourth-order valence-corrected chi connectivity index (χ4v) is 3.85. The maximum Gasteiger partial charge on any atom is 0.214 e. The Bertz CT molecular complexity index is 765. The molecule has 0 aliphatic heterocycles. The molecule has 1 atom stereocenters. The van der Waals surface area contributed by atoms with Crippen LogP contribution >= 0.6 is 0 Å². The van der Waals surface area contributed by atoms with E-state index < -0.39 is 10.0 Å². The van der Waals surface area contributed by atoms with E-state index in [0.717, 1.165) is 29.9 Å². The Morgan fingerprint density at radius 2 is 2.18 bits per heavy atom. The van der Waals surface area contributed by atoms with Crippen LogP contribution in [0.1, 0.15) is 31.2 Å². The summed E-state index contributed by atoms with van der Waals surface area (Å²) >= 11 is 0. The summed E-state index contributed by atoms with van der Waals surface area (Å²) in [7, 11) is -3.10. The predicted molar refractivity (Wildman–Crippen MR) is 86.2 cm³/mol. The number of hydrogen-bond acceptors (Lipinski definition) is 4. The van der Waals surface area contributed by atoms with Gasteiger partial charge in [-0.2, -0.15) is 0 Å². The van der Waals surface area contributed by atoms with E-state index in [-0.39, 0.29) is 11.3 Å². The highest BCUT2D eigenvalue weighted by Crippen LogP contribution is 2.27. The van der Waals surface area contributed by atoms with Gasteiger partial charge in [-0.25, -0.2) is 18.1 Å². The lowest BCUT2D eigenvalue weighted by atomic mass is 10.3. The molecule has 2 aromatic rings.